The van der Waals surface area contributed by atoms with Gasteiger partial charge in [0.1, 0.15) is 6.23 Å². The van der Waals surface area contributed by atoms with Gasteiger partial charge in [-0.1, -0.05) is 19.8 Å². The maximum absolute atomic E-state index is 11.6. The smallest absolute Gasteiger partial charge is 0.294 e. The maximum atomic E-state index is 11.6. The molecule has 0 amide bonds. The molecule has 0 radical (unpaired) electrons. The molecule has 0 spiro atoms. The van der Waals surface area contributed by atoms with E-state index in [4.69, 9.17) is 0 Å². The van der Waals surface area contributed by atoms with E-state index in [9.17, 15) is 15.0 Å². The van der Waals surface area contributed by atoms with Crippen LogP contribution in [-0.4, -0.2) is 14.8 Å². The Morgan fingerprint density at radius 1 is 1.50 bits per heavy atom. The predicted octanol–water partition coefficient (Wildman–Crippen LogP) is 1.41. The maximum Gasteiger partial charge on any atom is 0.294 e. The molecule has 0 saturated carbocycles. The normalized spacial score (nSPS) is 23.4. The lowest BCUT2D eigenvalue weighted by Gasteiger charge is -2.14. The molecule has 2 atom stereocenters. The fourth-order valence-corrected chi connectivity index (χ4v) is 2.34. The van der Waals surface area contributed by atoms with Crippen molar-refractivity contribution in [1.29, 1.82) is 0 Å². The van der Waals surface area contributed by atoms with Gasteiger partial charge in [-0.15, -0.1) is 0 Å². The van der Waals surface area contributed by atoms with Gasteiger partial charge in [0.2, 0.25) is 0 Å². The Kier molecular flexibility index (Phi) is 3.01. The molecule has 2 heterocycles. The van der Waals surface area contributed by atoms with Crippen molar-refractivity contribution < 1.29 is 10.2 Å². The van der Waals surface area contributed by atoms with Crippen LogP contribution in [0, 0.1) is 5.92 Å². The van der Waals surface area contributed by atoms with Gasteiger partial charge in [0.25, 0.3) is 5.56 Å². The molecule has 0 fully saturated rings. The molecule has 0 aliphatic carbocycles. The quantitative estimate of drug-likeness (QED) is 0.814. The highest BCUT2D eigenvalue weighted by atomic mass is 16.3. The molecule has 16 heavy (non-hydrogen) atoms. The van der Waals surface area contributed by atoms with Crippen molar-refractivity contribution in [2.24, 2.45) is 5.92 Å². The van der Waals surface area contributed by atoms with Crippen molar-refractivity contribution in [3.63, 3.8) is 0 Å². The van der Waals surface area contributed by atoms with Crippen LogP contribution < -0.4 is 5.56 Å². The summed E-state index contributed by atoms with van der Waals surface area (Å²) in [4.78, 5) is 11.6. The van der Waals surface area contributed by atoms with Crippen LogP contribution in [-0.2, 0) is 6.42 Å². The van der Waals surface area contributed by atoms with E-state index in [2.05, 4.69) is 6.92 Å². The van der Waals surface area contributed by atoms with Gasteiger partial charge in [0.15, 0.2) is 5.75 Å². The van der Waals surface area contributed by atoms with E-state index in [1.165, 1.54) is 10.6 Å². The monoisotopic (exact) mass is 223 g/mol. The third kappa shape index (κ3) is 1.73. The second kappa shape index (κ2) is 4.29. The highest BCUT2D eigenvalue weighted by Crippen LogP contribution is 2.32. The van der Waals surface area contributed by atoms with E-state index >= 15 is 0 Å². The van der Waals surface area contributed by atoms with Crippen LogP contribution >= 0.6 is 0 Å². The lowest BCUT2D eigenvalue weighted by molar-refractivity contribution is 0.0556. The molecule has 0 aromatic carbocycles. The fraction of sp³-hybridized carbons (Fsp3) is 0.583. The van der Waals surface area contributed by atoms with Crippen LogP contribution in [0.2, 0.25) is 0 Å². The molecule has 4 heteroatoms. The molecule has 4 nitrogen and oxygen atoms in total. The number of aliphatic hydroxyl groups is 1. The summed E-state index contributed by atoms with van der Waals surface area (Å²) in [5.74, 6) is -0.187. The molecule has 2 rings (SSSR count). The van der Waals surface area contributed by atoms with Gasteiger partial charge in [0.05, 0.1) is 0 Å². The molecule has 1 aromatic rings. The molecule has 88 valence electrons. The van der Waals surface area contributed by atoms with Gasteiger partial charge in [-0.2, -0.15) is 0 Å². The summed E-state index contributed by atoms with van der Waals surface area (Å²) in [6.45, 7) is 2.10. The van der Waals surface area contributed by atoms with E-state index in [0.717, 1.165) is 31.4 Å². The summed E-state index contributed by atoms with van der Waals surface area (Å²) in [5, 5.41) is 19.3. The molecule has 0 saturated heterocycles. The van der Waals surface area contributed by atoms with Crippen LogP contribution in [0.5, 0.6) is 5.75 Å². The molecule has 2 unspecified atom stereocenters. The second-order valence-corrected chi connectivity index (χ2v) is 4.41. The van der Waals surface area contributed by atoms with Crippen LogP contribution in [0.1, 0.15) is 38.1 Å². The fourth-order valence-electron chi connectivity index (χ4n) is 2.34. The molecule has 0 bridgehead atoms. The molecule has 1 aromatic heterocycles. The van der Waals surface area contributed by atoms with Crippen molar-refractivity contribution >= 4 is 0 Å². The van der Waals surface area contributed by atoms with E-state index in [0.29, 0.717) is 0 Å². The van der Waals surface area contributed by atoms with Crippen molar-refractivity contribution in [1.82, 2.24) is 4.57 Å². The number of aliphatic hydroxyl groups excluding tert-OH is 1. The first-order valence-corrected chi connectivity index (χ1v) is 5.76. The largest absolute Gasteiger partial charge is 0.503 e. The van der Waals surface area contributed by atoms with E-state index in [1.807, 2.05) is 0 Å². The van der Waals surface area contributed by atoms with Crippen LogP contribution in [0.4, 0.5) is 0 Å². The lowest BCUT2D eigenvalue weighted by atomic mass is 9.98. The van der Waals surface area contributed by atoms with Gasteiger partial charge in [-0.3, -0.25) is 9.36 Å². The number of nitrogens with zero attached hydrogens (tertiary/aromatic N) is 1. The molecular weight excluding hydrogens is 206 g/mol. The third-order valence-electron chi connectivity index (χ3n) is 3.27. The summed E-state index contributed by atoms with van der Waals surface area (Å²) in [6, 6.07) is 3.12. The van der Waals surface area contributed by atoms with Crippen molar-refractivity contribution in [3.05, 3.63) is 28.2 Å². The summed E-state index contributed by atoms with van der Waals surface area (Å²) in [7, 11) is 0. The average Bonchev–Trinajstić information content (AvgIpc) is 2.59. The topological polar surface area (TPSA) is 62.5 Å². The molecule has 1 aliphatic heterocycles. The highest BCUT2D eigenvalue weighted by Gasteiger charge is 2.31. The third-order valence-corrected chi connectivity index (χ3v) is 3.27. The molecular formula is C12H17NO3. The van der Waals surface area contributed by atoms with Gasteiger partial charge in [-0.05, 0) is 25.0 Å². The van der Waals surface area contributed by atoms with Crippen molar-refractivity contribution in [3.8, 4) is 5.75 Å². The minimum atomic E-state index is -0.777. The van der Waals surface area contributed by atoms with Crippen molar-refractivity contribution in [2.45, 2.75) is 38.8 Å². The Bertz CT molecular complexity index is 438. The number of hydrogen-bond donors (Lipinski definition) is 2. The van der Waals surface area contributed by atoms with Crippen LogP contribution in [0.15, 0.2) is 16.9 Å². The van der Waals surface area contributed by atoms with Crippen LogP contribution in [0.25, 0.3) is 0 Å². The number of hydrogen-bond acceptors (Lipinski definition) is 3. The van der Waals surface area contributed by atoms with Gasteiger partial charge >= 0.3 is 0 Å². The Balaban J connectivity index is 2.28. The SMILES string of the molecule is CCCCC1Cc2ccc(O)c(=O)n2C1O. The first-order chi connectivity index (χ1) is 7.65. The van der Waals surface area contributed by atoms with Gasteiger partial charge in [0, 0.05) is 11.6 Å². The Hall–Kier alpha value is -1.29. The lowest BCUT2D eigenvalue weighted by Crippen LogP contribution is -2.24. The standard InChI is InChI=1S/C12H17NO3/c1-2-3-4-8-7-9-5-6-10(14)12(16)13(9)11(8)15/h5-6,8,11,14-15H,2-4,7H2,1H3. The summed E-state index contributed by atoms with van der Waals surface area (Å²) in [6.07, 6.45) is 2.99. The minimum Gasteiger partial charge on any atom is -0.503 e. The van der Waals surface area contributed by atoms with E-state index < -0.39 is 11.8 Å². The molecule has 2 N–H and O–H groups in total. The Labute approximate surface area is 94.2 Å². The minimum absolute atomic E-state index is 0.106. The summed E-state index contributed by atoms with van der Waals surface area (Å²) >= 11 is 0. The average molecular weight is 223 g/mol. The number of rotatable bonds is 3. The van der Waals surface area contributed by atoms with Crippen molar-refractivity contribution in [2.75, 3.05) is 0 Å². The Morgan fingerprint density at radius 2 is 2.25 bits per heavy atom. The van der Waals surface area contributed by atoms with E-state index in [1.54, 1.807) is 6.07 Å². The second-order valence-electron chi connectivity index (χ2n) is 4.41. The zero-order chi connectivity index (χ0) is 11.7. The predicted molar refractivity (Wildman–Crippen MR) is 60.3 cm³/mol. The first-order valence-electron chi connectivity index (χ1n) is 5.76. The zero-order valence-electron chi connectivity index (χ0n) is 9.39. The zero-order valence-corrected chi connectivity index (χ0v) is 9.39. The highest BCUT2D eigenvalue weighted by molar-refractivity contribution is 5.23. The number of aromatic hydroxyl groups is 1. The first kappa shape index (κ1) is 11.2. The molecule has 1 aliphatic rings. The Morgan fingerprint density at radius 3 is 2.94 bits per heavy atom. The van der Waals surface area contributed by atoms with E-state index in [-0.39, 0.29) is 11.7 Å². The number of unbranched alkanes of at least 4 members (excludes halogenated alkanes) is 1. The van der Waals surface area contributed by atoms with Crippen LogP contribution in [0.3, 0.4) is 0 Å². The van der Waals surface area contributed by atoms with Gasteiger partial charge in [-0.25, -0.2) is 0 Å². The summed E-state index contributed by atoms with van der Waals surface area (Å²) in [5.41, 5.74) is 0.334. The summed E-state index contributed by atoms with van der Waals surface area (Å²) < 4.78 is 1.32. The number of aromatic nitrogens is 1. The number of pyridine rings is 1. The van der Waals surface area contributed by atoms with Gasteiger partial charge < -0.3 is 10.2 Å². The number of fused-ring (bicyclic) bond motifs is 1.